The van der Waals surface area contributed by atoms with Gasteiger partial charge in [-0.25, -0.2) is 8.42 Å². The molecule has 0 radical (unpaired) electrons. The minimum absolute atomic E-state index is 0.129. The molecule has 2 aliphatic rings. The maximum Gasteiger partial charge on any atom is 0.260 e. The van der Waals surface area contributed by atoms with Crippen LogP contribution in [0.5, 0.6) is 11.5 Å². The Balaban J connectivity index is 1.30. The van der Waals surface area contributed by atoms with E-state index >= 15 is 0 Å². The number of sulfonamides is 1. The Bertz CT molecular complexity index is 1100. The van der Waals surface area contributed by atoms with Gasteiger partial charge in [-0.15, -0.1) is 0 Å². The molecule has 0 saturated carbocycles. The van der Waals surface area contributed by atoms with Gasteiger partial charge in [0.1, 0.15) is 11.5 Å². The van der Waals surface area contributed by atoms with Crippen LogP contribution in [0.1, 0.15) is 19.3 Å². The van der Waals surface area contributed by atoms with Gasteiger partial charge in [0.05, 0.1) is 17.0 Å². The molecule has 0 N–H and O–H groups in total. The third-order valence-electron chi connectivity index (χ3n) is 6.28. The first-order valence-corrected chi connectivity index (χ1v) is 13.3. The standard InChI is InChI=1S/C24H30ClN3O5S/c1-32-20-7-5-19(6-8-20)26-13-15-27(16-14-26)24(29)18-33-23-10-9-21(17-22(23)25)34(30,31)28-11-3-2-4-12-28/h5-10,17H,2-4,11-16,18H2,1H3. The van der Waals surface area contributed by atoms with E-state index in [0.717, 1.165) is 43.8 Å². The first kappa shape index (κ1) is 24.6. The number of piperazine rings is 1. The van der Waals surface area contributed by atoms with Crippen LogP contribution in [-0.2, 0) is 14.8 Å². The van der Waals surface area contributed by atoms with Gasteiger partial charge in [-0.3, -0.25) is 4.79 Å². The van der Waals surface area contributed by atoms with E-state index in [4.69, 9.17) is 21.1 Å². The number of halogens is 1. The first-order chi connectivity index (χ1) is 16.4. The zero-order chi connectivity index (χ0) is 24.1. The van der Waals surface area contributed by atoms with Gasteiger partial charge >= 0.3 is 0 Å². The molecular formula is C24H30ClN3O5S. The number of methoxy groups -OCH3 is 1. The van der Waals surface area contributed by atoms with Crippen LogP contribution in [0.4, 0.5) is 5.69 Å². The number of nitrogens with zero attached hydrogens (tertiary/aromatic N) is 3. The Hall–Kier alpha value is -2.49. The number of piperidine rings is 1. The molecular weight excluding hydrogens is 478 g/mol. The van der Waals surface area contributed by atoms with Gasteiger partial charge in [-0.2, -0.15) is 4.31 Å². The van der Waals surface area contributed by atoms with Gasteiger partial charge in [0.2, 0.25) is 10.0 Å². The van der Waals surface area contributed by atoms with E-state index < -0.39 is 10.0 Å². The van der Waals surface area contributed by atoms with Crippen molar-refractivity contribution in [2.75, 3.05) is 57.9 Å². The lowest BCUT2D eigenvalue weighted by molar-refractivity contribution is -0.133. The van der Waals surface area contributed by atoms with E-state index in [1.165, 1.54) is 22.5 Å². The molecule has 2 heterocycles. The van der Waals surface area contributed by atoms with Crippen molar-refractivity contribution < 1.29 is 22.7 Å². The lowest BCUT2D eigenvalue weighted by Gasteiger charge is -2.36. The summed E-state index contributed by atoms with van der Waals surface area (Å²) in [6.45, 7) is 3.53. The minimum atomic E-state index is -3.58. The van der Waals surface area contributed by atoms with Crippen LogP contribution in [0.2, 0.25) is 5.02 Å². The Morgan fingerprint density at radius 3 is 2.24 bits per heavy atom. The molecule has 0 bridgehead atoms. The predicted octanol–water partition coefficient (Wildman–Crippen LogP) is 3.25. The van der Waals surface area contributed by atoms with Gasteiger partial charge in [0.25, 0.3) is 5.91 Å². The number of ether oxygens (including phenoxy) is 2. The minimum Gasteiger partial charge on any atom is -0.497 e. The van der Waals surface area contributed by atoms with Gasteiger partial charge < -0.3 is 19.3 Å². The molecule has 2 aliphatic heterocycles. The van der Waals surface area contributed by atoms with E-state index in [-0.39, 0.29) is 22.4 Å². The van der Waals surface area contributed by atoms with Gasteiger partial charge in [0, 0.05) is 45.0 Å². The van der Waals surface area contributed by atoms with E-state index in [1.807, 2.05) is 24.3 Å². The van der Waals surface area contributed by atoms with Crippen molar-refractivity contribution in [3.8, 4) is 11.5 Å². The molecule has 8 nitrogen and oxygen atoms in total. The Kier molecular flexibility index (Phi) is 7.85. The zero-order valence-electron chi connectivity index (χ0n) is 19.3. The second-order valence-corrected chi connectivity index (χ2v) is 10.8. The number of anilines is 1. The number of hydrogen-bond acceptors (Lipinski definition) is 6. The summed E-state index contributed by atoms with van der Waals surface area (Å²) in [5.74, 6) is 0.977. The fraction of sp³-hybridized carbons (Fsp3) is 0.458. The fourth-order valence-corrected chi connectivity index (χ4v) is 6.09. The summed E-state index contributed by atoms with van der Waals surface area (Å²) in [6, 6.07) is 12.3. The quantitative estimate of drug-likeness (QED) is 0.572. The maximum absolute atomic E-state index is 12.8. The molecule has 0 unspecified atom stereocenters. The van der Waals surface area contributed by atoms with E-state index in [0.29, 0.717) is 31.9 Å². The largest absolute Gasteiger partial charge is 0.497 e. The average molecular weight is 508 g/mol. The summed E-state index contributed by atoms with van der Waals surface area (Å²) >= 11 is 6.30. The summed E-state index contributed by atoms with van der Waals surface area (Å²) in [7, 11) is -1.94. The fourth-order valence-electron chi connectivity index (χ4n) is 4.25. The molecule has 10 heteroatoms. The van der Waals surface area contributed by atoms with E-state index in [9.17, 15) is 13.2 Å². The van der Waals surface area contributed by atoms with E-state index in [1.54, 1.807) is 12.0 Å². The number of carbonyl (C=O) groups is 1. The lowest BCUT2D eigenvalue weighted by Crippen LogP contribution is -2.50. The van der Waals surface area contributed by atoms with Crippen molar-refractivity contribution in [1.82, 2.24) is 9.21 Å². The molecule has 4 rings (SSSR count). The highest BCUT2D eigenvalue weighted by Crippen LogP contribution is 2.30. The van der Waals surface area contributed by atoms with Crippen LogP contribution in [0.15, 0.2) is 47.4 Å². The van der Waals surface area contributed by atoms with Gasteiger partial charge in [0.15, 0.2) is 6.61 Å². The Morgan fingerprint density at radius 1 is 0.941 bits per heavy atom. The summed E-state index contributed by atoms with van der Waals surface area (Å²) in [5, 5.41) is 0.176. The highest BCUT2D eigenvalue weighted by molar-refractivity contribution is 7.89. The Morgan fingerprint density at radius 2 is 1.62 bits per heavy atom. The molecule has 2 aromatic carbocycles. The van der Waals surface area contributed by atoms with Crippen molar-refractivity contribution in [2.24, 2.45) is 0 Å². The van der Waals surface area contributed by atoms with Crippen LogP contribution >= 0.6 is 11.6 Å². The number of rotatable bonds is 7. The summed E-state index contributed by atoms with van der Waals surface area (Å²) < 4.78 is 38.0. The second kappa shape index (κ2) is 10.8. The van der Waals surface area contributed by atoms with Crippen LogP contribution in [-0.4, -0.2) is 76.5 Å². The van der Waals surface area contributed by atoms with Crippen LogP contribution < -0.4 is 14.4 Å². The van der Waals surface area contributed by atoms with Crippen molar-refractivity contribution in [3.63, 3.8) is 0 Å². The summed E-state index contributed by atoms with van der Waals surface area (Å²) in [6.07, 6.45) is 2.78. The van der Waals surface area contributed by atoms with Crippen molar-refractivity contribution in [2.45, 2.75) is 24.2 Å². The topological polar surface area (TPSA) is 79.4 Å². The Labute approximate surface area is 206 Å². The summed E-state index contributed by atoms with van der Waals surface area (Å²) in [4.78, 5) is 16.8. The molecule has 184 valence electrons. The molecule has 1 amide bonds. The maximum atomic E-state index is 12.8. The molecule has 0 atom stereocenters. The third kappa shape index (κ3) is 5.59. The zero-order valence-corrected chi connectivity index (χ0v) is 20.9. The predicted molar refractivity (Wildman–Crippen MR) is 131 cm³/mol. The summed E-state index contributed by atoms with van der Waals surface area (Å²) in [5.41, 5.74) is 1.09. The second-order valence-electron chi connectivity index (χ2n) is 8.41. The van der Waals surface area contributed by atoms with Crippen LogP contribution in [0.3, 0.4) is 0 Å². The van der Waals surface area contributed by atoms with Crippen molar-refractivity contribution in [3.05, 3.63) is 47.5 Å². The molecule has 0 aliphatic carbocycles. The molecule has 0 spiro atoms. The van der Waals surface area contributed by atoms with Crippen LogP contribution in [0.25, 0.3) is 0 Å². The third-order valence-corrected chi connectivity index (χ3v) is 8.47. The number of amides is 1. The monoisotopic (exact) mass is 507 g/mol. The van der Waals surface area contributed by atoms with Gasteiger partial charge in [-0.1, -0.05) is 18.0 Å². The number of benzene rings is 2. The normalized spacial score (nSPS) is 17.5. The molecule has 2 saturated heterocycles. The highest BCUT2D eigenvalue weighted by atomic mass is 35.5. The van der Waals surface area contributed by atoms with Crippen molar-refractivity contribution in [1.29, 1.82) is 0 Å². The smallest absolute Gasteiger partial charge is 0.260 e. The first-order valence-electron chi connectivity index (χ1n) is 11.5. The number of hydrogen-bond donors (Lipinski definition) is 0. The van der Waals surface area contributed by atoms with Crippen molar-refractivity contribution >= 4 is 33.2 Å². The molecule has 34 heavy (non-hydrogen) atoms. The van der Waals surface area contributed by atoms with Crippen LogP contribution in [0, 0.1) is 0 Å². The lowest BCUT2D eigenvalue weighted by atomic mass is 10.2. The SMILES string of the molecule is COc1ccc(N2CCN(C(=O)COc3ccc(S(=O)(=O)N4CCCCC4)cc3Cl)CC2)cc1. The molecule has 2 aromatic rings. The number of carbonyl (C=O) groups excluding carboxylic acids is 1. The molecule has 2 fully saturated rings. The average Bonchev–Trinajstić information content (AvgIpc) is 2.88. The molecule has 0 aromatic heterocycles. The highest BCUT2D eigenvalue weighted by Gasteiger charge is 2.27. The van der Waals surface area contributed by atoms with Gasteiger partial charge in [-0.05, 0) is 55.3 Å². The van der Waals surface area contributed by atoms with E-state index in [2.05, 4.69) is 4.90 Å².